The Morgan fingerprint density at radius 2 is 1.86 bits per heavy atom. The minimum Gasteiger partial charge on any atom is -0.497 e. The number of benzene rings is 2. The molecule has 3 aliphatic rings. The summed E-state index contributed by atoms with van der Waals surface area (Å²) in [5.41, 5.74) is 4.97. The molecule has 2 nitrogen and oxygen atoms in total. The van der Waals surface area contributed by atoms with E-state index >= 15 is 0 Å². The molecule has 150 valence electrons. The van der Waals surface area contributed by atoms with Gasteiger partial charge >= 0.3 is 0 Å². The van der Waals surface area contributed by atoms with Gasteiger partial charge < -0.3 is 4.74 Å². The maximum atomic E-state index is 13.6. The summed E-state index contributed by atoms with van der Waals surface area (Å²) in [6.45, 7) is 2.26. The number of hydrogen-bond acceptors (Lipinski definition) is 2. The zero-order valence-corrected chi connectivity index (χ0v) is 17.5. The van der Waals surface area contributed by atoms with Gasteiger partial charge in [0, 0.05) is 5.41 Å². The molecule has 0 aliphatic heterocycles. The van der Waals surface area contributed by atoms with Gasteiger partial charge in [-0.05, 0) is 96.8 Å². The minimum absolute atomic E-state index is 0.190. The number of methoxy groups -OCH3 is 1. The maximum absolute atomic E-state index is 13.6. The van der Waals surface area contributed by atoms with Crippen LogP contribution in [0.4, 0.5) is 0 Å². The molecule has 0 bridgehead atoms. The van der Waals surface area contributed by atoms with Gasteiger partial charge in [-0.25, -0.2) is 0 Å². The van der Waals surface area contributed by atoms with Crippen LogP contribution < -0.4 is 4.74 Å². The molecule has 29 heavy (non-hydrogen) atoms. The Labute approximate surface area is 174 Å². The van der Waals surface area contributed by atoms with Gasteiger partial charge in [-0.15, -0.1) is 0 Å². The first-order valence-electron chi connectivity index (χ1n) is 11.1. The Morgan fingerprint density at radius 1 is 1.03 bits per heavy atom. The highest BCUT2D eigenvalue weighted by atomic mass is 16.5. The first-order valence-corrected chi connectivity index (χ1v) is 11.1. The lowest BCUT2D eigenvalue weighted by Crippen LogP contribution is -2.49. The van der Waals surface area contributed by atoms with Gasteiger partial charge in [0.15, 0.2) is 5.78 Å². The van der Waals surface area contributed by atoms with Crippen molar-refractivity contribution in [3.8, 4) is 5.75 Å². The van der Waals surface area contributed by atoms with E-state index in [2.05, 4.69) is 43.3 Å². The van der Waals surface area contributed by atoms with Crippen molar-refractivity contribution in [3.05, 3.63) is 70.8 Å². The molecule has 3 aliphatic carbocycles. The quantitative estimate of drug-likeness (QED) is 0.574. The van der Waals surface area contributed by atoms with Gasteiger partial charge in [0.25, 0.3) is 0 Å². The number of aryl methyl sites for hydroxylation is 1. The lowest BCUT2D eigenvalue weighted by Gasteiger charge is -2.53. The predicted molar refractivity (Wildman–Crippen MR) is 117 cm³/mol. The van der Waals surface area contributed by atoms with Crippen molar-refractivity contribution in [1.82, 2.24) is 0 Å². The second-order valence-corrected chi connectivity index (χ2v) is 9.38. The molecule has 0 unspecified atom stereocenters. The first-order chi connectivity index (χ1) is 14.1. The zero-order chi connectivity index (χ0) is 20.0. The van der Waals surface area contributed by atoms with E-state index in [-0.39, 0.29) is 5.41 Å². The summed E-state index contributed by atoms with van der Waals surface area (Å²) < 4.78 is 5.44. The maximum Gasteiger partial charge on any atom is 0.165 e. The second-order valence-electron chi connectivity index (χ2n) is 9.38. The van der Waals surface area contributed by atoms with Gasteiger partial charge in [0.1, 0.15) is 5.75 Å². The number of carbonyl (C=O) groups is 1. The van der Waals surface area contributed by atoms with E-state index in [1.807, 2.05) is 18.2 Å². The van der Waals surface area contributed by atoms with Crippen LogP contribution in [-0.4, -0.2) is 12.9 Å². The molecule has 2 heteroatoms. The van der Waals surface area contributed by atoms with Crippen molar-refractivity contribution in [2.45, 2.75) is 51.4 Å². The van der Waals surface area contributed by atoms with Crippen LogP contribution in [0.25, 0.3) is 6.08 Å². The van der Waals surface area contributed by atoms with E-state index < -0.39 is 0 Å². The van der Waals surface area contributed by atoms with E-state index in [1.165, 1.54) is 17.5 Å². The standard InChI is InChI=1S/C27H30O2/c1-27-15-14-23-22-12-10-21(29-2)17-19(22)8-11-24(23)25(27)13-9-20(26(27)28)16-18-6-4-3-5-7-18/h3-7,10,12,16-17,23-25H,8-9,11,13-15H2,1-2H3/b20-16+/t23-,24+,25+,27+/m1/s1. The molecular weight excluding hydrogens is 356 g/mol. The molecule has 0 N–H and O–H groups in total. The summed E-state index contributed by atoms with van der Waals surface area (Å²) in [5, 5.41) is 0. The molecule has 0 spiro atoms. The largest absolute Gasteiger partial charge is 0.497 e. The fourth-order valence-corrected chi connectivity index (χ4v) is 6.50. The molecule has 0 radical (unpaired) electrons. The average Bonchev–Trinajstić information content (AvgIpc) is 2.76. The molecule has 0 saturated heterocycles. The van der Waals surface area contributed by atoms with Gasteiger partial charge in [-0.1, -0.05) is 43.3 Å². The third-order valence-corrected chi connectivity index (χ3v) is 8.00. The second kappa shape index (κ2) is 7.16. The van der Waals surface area contributed by atoms with Gasteiger partial charge in [0.05, 0.1) is 7.11 Å². The fourth-order valence-electron chi connectivity index (χ4n) is 6.50. The van der Waals surface area contributed by atoms with E-state index in [9.17, 15) is 4.79 Å². The van der Waals surface area contributed by atoms with Crippen molar-refractivity contribution < 1.29 is 9.53 Å². The highest BCUT2D eigenvalue weighted by Gasteiger charge is 2.53. The number of rotatable bonds is 2. The van der Waals surface area contributed by atoms with Gasteiger partial charge in [-0.2, -0.15) is 0 Å². The Bertz CT molecular complexity index is 958. The number of hydrogen-bond donors (Lipinski definition) is 0. The van der Waals surface area contributed by atoms with Crippen molar-refractivity contribution in [2.75, 3.05) is 7.11 Å². The third-order valence-electron chi connectivity index (χ3n) is 8.00. The van der Waals surface area contributed by atoms with Crippen LogP contribution >= 0.6 is 0 Å². The molecule has 0 heterocycles. The van der Waals surface area contributed by atoms with E-state index in [4.69, 9.17) is 4.74 Å². The molecule has 2 aromatic carbocycles. The van der Waals surface area contributed by atoms with Crippen LogP contribution in [0.5, 0.6) is 5.75 Å². The van der Waals surface area contributed by atoms with Crippen molar-refractivity contribution >= 4 is 11.9 Å². The van der Waals surface area contributed by atoms with Crippen LogP contribution in [-0.2, 0) is 11.2 Å². The summed E-state index contributed by atoms with van der Waals surface area (Å²) in [6, 6.07) is 16.9. The Hall–Kier alpha value is -2.35. The molecule has 5 rings (SSSR count). The lowest BCUT2D eigenvalue weighted by molar-refractivity contribution is -0.134. The number of fused-ring (bicyclic) bond motifs is 5. The van der Waals surface area contributed by atoms with Crippen LogP contribution in [0.2, 0.25) is 0 Å². The van der Waals surface area contributed by atoms with E-state index in [0.29, 0.717) is 23.5 Å². The number of ketones is 1. The molecule has 2 aromatic rings. The topological polar surface area (TPSA) is 26.3 Å². The number of allylic oxidation sites excluding steroid dienone is 1. The minimum atomic E-state index is -0.190. The predicted octanol–water partition coefficient (Wildman–Crippen LogP) is 6.20. The summed E-state index contributed by atoms with van der Waals surface area (Å²) in [4.78, 5) is 13.6. The first kappa shape index (κ1) is 18.7. The van der Waals surface area contributed by atoms with Crippen molar-refractivity contribution in [2.24, 2.45) is 17.3 Å². The normalized spacial score (nSPS) is 32.3. The van der Waals surface area contributed by atoms with Gasteiger partial charge in [0.2, 0.25) is 0 Å². The lowest BCUT2D eigenvalue weighted by atomic mass is 9.50. The van der Waals surface area contributed by atoms with Crippen LogP contribution in [0.1, 0.15) is 61.6 Å². The molecule has 2 fully saturated rings. The summed E-state index contributed by atoms with van der Waals surface area (Å²) in [7, 11) is 1.74. The van der Waals surface area contributed by atoms with Crippen molar-refractivity contribution in [1.29, 1.82) is 0 Å². The highest BCUT2D eigenvalue weighted by Crippen LogP contribution is 2.59. The monoisotopic (exact) mass is 386 g/mol. The Kier molecular flexibility index (Phi) is 4.61. The summed E-state index contributed by atoms with van der Waals surface area (Å²) in [5.74, 6) is 3.13. The van der Waals surface area contributed by atoms with Crippen LogP contribution in [0.3, 0.4) is 0 Å². The van der Waals surface area contributed by atoms with Crippen LogP contribution in [0, 0.1) is 17.3 Å². The molecule has 0 amide bonds. The van der Waals surface area contributed by atoms with Gasteiger partial charge in [-0.3, -0.25) is 4.79 Å². The Balaban J connectivity index is 1.44. The average molecular weight is 387 g/mol. The highest BCUT2D eigenvalue weighted by molar-refractivity contribution is 6.04. The molecular formula is C27H30O2. The summed E-state index contributed by atoms with van der Waals surface area (Å²) >= 11 is 0. The van der Waals surface area contributed by atoms with E-state index in [0.717, 1.165) is 49.0 Å². The van der Waals surface area contributed by atoms with E-state index in [1.54, 1.807) is 7.11 Å². The number of carbonyl (C=O) groups excluding carboxylic acids is 1. The SMILES string of the molecule is COc1ccc2c(c1)CC[C@H]1[C@@H]2CC[C@]2(C)C(=O)/C(=C/c3ccccc3)CC[C@@H]12. The Morgan fingerprint density at radius 3 is 2.66 bits per heavy atom. The molecule has 2 saturated carbocycles. The number of ether oxygens (including phenoxy) is 1. The molecule has 4 atom stereocenters. The smallest absolute Gasteiger partial charge is 0.165 e. The molecule has 0 aromatic heterocycles. The fraction of sp³-hybridized carbons (Fsp3) is 0.444. The summed E-state index contributed by atoms with van der Waals surface area (Å²) in [6.07, 6.45) is 8.66. The van der Waals surface area contributed by atoms with Crippen molar-refractivity contribution in [3.63, 3.8) is 0 Å². The number of Topliss-reactive ketones (excluding diaryl/α,β-unsaturated/α-hetero) is 1. The third kappa shape index (κ3) is 3.04. The van der Waals surface area contributed by atoms with Crippen LogP contribution in [0.15, 0.2) is 54.1 Å². The zero-order valence-electron chi connectivity index (χ0n) is 17.5.